The Kier molecular flexibility index (Phi) is 6.21. The zero-order valence-electron chi connectivity index (χ0n) is 13.9. The summed E-state index contributed by atoms with van der Waals surface area (Å²) in [6, 6.07) is 8.42. The van der Waals surface area contributed by atoms with Gasteiger partial charge in [-0.15, -0.1) is 0 Å². The van der Waals surface area contributed by atoms with Crippen molar-refractivity contribution in [1.82, 2.24) is 4.90 Å². The van der Waals surface area contributed by atoms with E-state index in [4.69, 9.17) is 5.26 Å². The number of carbonyl (C=O) groups excluding carboxylic acids is 1. The fourth-order valence-electron chi connectivity index (χ4n) is 2.89. The molecule has 0 spiro atoms. The van der Waals surface area contributed by atoms with Crippen molar-refractivity contribution in [2.45, 2.75) is 32.1 Å². The average Bonchev–Trinajstić information content (AvgIpc) is 2.83. The Labute approximate surface area is 143 Å². The first-order chi connectivity index (χ1) is 11.4. The molecular weight excluding hydrogens is 326 g/mol. The summed E-state index contributed by atoms with van der Waals surface area (Å²) >= 11 is 0. The van der Waals surface area contributed by atoms with Crippen molar-refractivity contribution in [3.05, 3.63) is 29.8 Å². The molecule has 2 rings (SSSR count). The van der Waals surface area contributed by atoms with Crippen molar-refractivity contribution in [1.29, 1.82) is 5.26 Å². The molecule has 0 aliphatic carbocycles. The first-order valence-corrected chi connectivity index (χ1v) is 10.0. The molecular formula is C17H23N3O3S. The Morgan fingerprint density at radius 3 is 2.50 bits per heavy atom. The molecule has 1 aliphatic rings. The summed E-state index contributed by atoms with van der Waals surface area (Å²) in [5.74, 6) is -0.0120. The summed E-state index contributed by atoms with van der Waals surface area (Å²) in [5.41, 5.74) is 0.806. The second kappa shape index (κ2) is 8.15. The quantitative estimate of drug-likeness (QED) is 0.815. The van der Waals surface area contributed by atoms with Crippen LogP contribution >= 0.6 is 0 Å². The molecule has 1 aromatic rings. The third kappa shape index (κ3) is 4.96. The third-order valence-corrected chi connectivity index (χ3v) is 5.35. The minimum Gasteiger partial charge on any atom is -0.343 e. The molecule has 0 bridgehead atoms. The lowest BCUT2D eigenvalue weighted by atomic mass is 10.2. The lowest BCUT2D eigenvalue weighted by molar-refractivity contribution is -0.130. The minimum atomic E-state index is -3.52. The zero-order chi connectivity index (χ0) is 17.6. The van der Waals surface area contributed by atoms with E-state index in [9.17, 15) is 13.2 Å². The predicted octanol–water partition coefficient (Wildman–Crippen LogP) is 2.12. The van der Waals surface area contributed by atoms with E-state index < -0.39 is 10.0 Å². The second-order valence-electron chi connectivity index (χ2n) is 6.04. The molecule has 130 valence electrons. The maximum absolute atomic E-state index is 12.4. The van der Waals surface area contributed by atoms with Gasteiger partial charge < -0.3 is 4.90 Å². The van der Waals surface area contributed by atoms with E-state index in [1.165, 1.54) is 10.4 Å². The number of carbonyl (C=O) groups is 1. The van der Waals surface area contributed by atoms with Crippen LogP contribution in [0, 0.1) is 11.3 Å². The summed E-state index contributed by atoms with van der Waals surface area (Å²) in [6.07, 6.45) is 5.55. The first-order valence-electron chi connectivity index (χ1n) is 8.17. The van der Waals surface area contributed by atoms with Gasteiger partial charge in [0.2, 0.25) is 15.9 Å². The molecule has 0 unspecified atom stereocenters. The lowest BCUT2D eigenvalue weighted by Gasteiger charge is -2.25. The van der Waals surface area contributed by atoms with Crippen LogP contribution in [0.3, 0.4) is 0 Å². The number of nitrogens with zero attached hydrogens (tertiary/aromatic N) is 3. The smallest absolute Gasteiger partial charge is 0.232 e. The van der Waals surface area contributed by atoms with E-state index in [0.29, 0.717) is 11.3 Å². The van der Waals surface area contributed by atoms with Crippen LogP contribution < -0.4 is 4.31 Å². The highest BCUT2D eigenvalue weighted by Gasteiger charge is 2.21. The number of benzene rings is 1. The van der Waals surface area contributed by atoms with Crippen LogP contribution in [0.2, 0.25) is 0 Å². The van der Waals surface area contributed by atoms with Crippen LogP contribution in [0.5, 0.6) is 0 Å². The molecule has 0 N–H and O–H groups in total. The molecule has 6 nitrogen and oxygen atoms in total. The van der Waals surface area contributed by atoms with Gasteiger partial charge in [0.1, 0.15) is 0 Å². The van der Waals surface area contributed by atoms with E-state index >= 15 is 0 Å². The fraction of sp³-hybridized carbons (Fsp3) is 0.529. The molecule has 1 fully saturated rings. The molecule has 1 aromatic carbocycles. The zero-order valence-corrected chi connectivity index (χ0v) is 14.8. The number of likely N-dealkylation sites (tertiary alicyclic amines) is 1. The summed E-state index contributed by atoms with van der Waals surface area (Å²) < 4.78 is 25.4. The standard InChI is InChI=1S/C17H23N3O3S/c1-24(22,23)20(16-8-6-7-15(13-16)14-18)12-9-17(21)19-10-4-2-3-5-11-19/h6-8,13H,2-5,9-12H2,1H3. The van der Waals surface area contributed by atoms with Crippen molar-refractivity contribution < 1.29 is 13.2 Å². The van der Waals surface area contributed by atoms with Gasteiger partial charge in [-0.25, -0.2) is 8.42 Å². The van der Waals surface area contributed by atoms with Gasteiger partial charge in [-0.05, 0) is 31.0 Å². The SMILES string of the molecule is CS(=O)(=O)N(CCC(=O)N1CCCCCC1)c1cccc(C#N)c1. The Balaban J connectivity index is 2.09. The molecule has 1 aliphatic heterocycles. The van der Waals surface area contributed by atoms with Crippen LogP contribution in [0.4, 0.5) is 5.69 Å². The Bertz CT molecular complexity index is 717. The lowest BCUT2D eigenvalue weighted by Crippen LogP contribution is -2.37. The highest BCUT2D eigenvalue weighted by atomic mass is 32.2. The van der Waals surface area contributed by atoms with Crippen molar-refractivity contribution in [2.24, 2.45) is 0 Å². The summed E-state index contributed by atoms with van der Waals surface area (Å²) in [6.45, 7) is 1.59. The van der Waals surface area contributed by atoms with Gasteiger partial charge in [-0.2, -0.15) is 5.26 Å². The molecule has 0 saturated carbocycles. The largest absolute Gasteiger partial charge is 0.343 e. The number of amides is 1. The predicted molar refractivity (Wildman–Crippen MR) is 93.0 cm³/mol. The van der Waals surface area contributed by atoms with Gasteiger partial charge in [0.15, 0.2) is 0 Å². The number of sulfonamides is 1. The van der Waals surface area contributed by atoms with Crippen molar-refractivity contribution in [3.63, 3.8) is 0 Å². The molecule has 24 heavy (non-hydrogen) atoms. The van der Waals surface area contributed by atoms with Crippen LogP contribution in [0.1, 0.15) is 37.7 Å². The van der Waals surface area contributed by atoms with E-state index in [0.717, 1.165) is 45.0 Å². The van der Waals surface area contributed by atoms with Gasteiger partial charge in [-0.3, -0.25) is 9.10 Å². The normalized spacial score (nSPS) is 15.4. The number of hydrogen-bond acceptors (Lipinski definition) is 4. The van der Waals surface area contributed by atoms with Crippen LogP contribution in [0.15, 0.2) is 24.3 Å². The molecule has 7 heteroatoms. The van der Waals surface area contributed by atoms with E-state index in [2.05, 4.69) is 0 Å². The Hall–Kier alpha value is -2.07. The second-order valence-corrected chi connectivity index (χ2v) is 7.95. The first kappa shape index (κ1) is 18.3. The highest BCUT2D eigenvalue weighted by Crippen LogP contribution is 2.20. The van der Waals surface area contributed by atoms with Crippen LogP contribution in [-0.2, 0) is 14.8 Å². The average molecular weight is 349 g/mol. The van der Waals surface area contributed by atoms with Gasteiger partial charge in [0, 0.05) is 26.1 Å². The van der Waals surface area contributed by atoms with Gasteiger partial charge in [0.05, 0.1) is 23.6 Å². The monoisotopic (exact) mass is 349 g/mol. The molecule has 1 saturated heterocycles. The van der Waals surface area contributed by atoms with E-state index in [1.807, 2.05) is 11.0 Å². The summed E-state index contributed by atoms with van der Waals surface area (Å²) in [4.78, 5) is 14.2. The van der Waals surface area contributed by atoms with E-state index in [1.54, 1.807) is 18.2 Å². The number of hydrogen-bond donors (Lipinski definition) is 0. The molecule has 0 atom stereocenters. The fourth-order valence-corrected chi connectivity index (χ4v) is 3.81. The highest BCUT2D eigenvalue weighted by molar-refractivity contribution is 7.92. The van der Waals surface area contributed by atoms with Crippen molar-refractivity contribution in [2.75, 3.05) is 30.2 Å². The van der Waals surface area contributed by atoms with Gasteiger partial charge >= 0.3 is 0 Å². The maximum atomic E-state index is 12.4. The van der Waals surface area contributed by atoms with Crippen LogP contribution in [-0.4, -0.2) is 45.1 Å². The Morgan fingerprint density at radius 2 is 1.92 bits per heavy atom. The maximum Gasteiger partial charge on any atom is 0.232 e. The Morgan fingerprint density at radius 1 is 1.25 bits per heavy atom. The number of nitriles is 1. The van der Waals surface area contributed by atoms with E-state index in [-0.39, 0.29) is 18.9 Å². The summed E-state index contributed by atoms with van der Waals surface area (Å²) in [5, 5.41) is 8.98. The minimum absolute atomic E-state index is 0.0120. The summed E-state index contributed by atoms with van der Waals surface area (Å²) in [7, 11) is -3.52. The molecule has 0 aromatic heterocycles. The molecule has 1 heterocycles. The third-order valence-electron chi connectivity index (χ3n) is 4.15. The van der Waals surface area contributed by atoms with Crippen LogP contribution in [0.25, 0.3) is 0 Å². The number of anilines is 1. The van der Waals surface area contributed by atoms with Gasteiger partial charge in [0.25, 0.3) is 0 Å². The van der Waals surface area contributed by atoms with Crippen molar-refractivity contribution >= 4 is 21.6 Å². The van der Waals surface area contributed by atoms with Crippen molar-refractivity contribution in [3.8, 4) is 6.07 Å². The van der Waals surface area contributed by atoms with Gasteiger partial charge in [-0.1, -0.05) is 18.9 Å². The topological polar surface area (TPSA) is 81.5 Å². The number of rotatable bonds is 5. The molecule has 0 radical (unpaired) electrons. The molecule has 1 amide bonds.